The molecule has 2 aliphatic rings. The summed E-state index contributed by atoms with van der Waals surface area (Å²) in [6.07, 6.45) is 5.09. The van der Waals surface area contributed by atoms with Gasteiger partial charge >= 0.3 is 0 Å². The van der Waals surface area contributed by atoms with Crippen molar-refractivity contribution in [3.8, 4) is 5.75 Å². The lowest BCUT2D eigenvalue weighted by Crippen LogP contribution is -2.17. The summed E-state index contributed by atoms with van der Waals surface area (Å²) in [5.74, 6) is 1.98. The highest BCUT2D eigenvalue weighted by Crippen LogP contribution is 2.35. The molecule has 1 atom stereocenters. The van der Waals surface area contributed by atoms with Crippen LogP contribution in [0.3, 0.4) is 0 Å². The molecule has 0 bridgehead atoms. The highest BCUT2D eigenvalue weighted by molar-refractivity contribution is 5.52. The molecule has 1 aliphatic heterocycles. The molecule has 1 N–H and O–H groups in total. The second kappa shape index (κ2) is 4.00. The summed E-state index contributed by atoms with van der Waals surface area (Å²) in [5.41, 5.74) is 2.61. The van der Waals surface area contributed by atoms with Gasteiger partial charge in [-0.05, 0) is 62.3 Å². The molecule has 2 heteroatoms. The van der Waals surface area contributed by atoms with Gasteiger partial charge in [0.2, 0.25) is 0 Å². The zero-order valence-corrected chi connectivity index (χ0v) is 9.83. The van der Waals surface area contributed by atoms with Gasteiger partial charge in [0.25, 0.3) is 0 Å². The van der Waals surface area contributed by atoms with Gasteiger partial charge in [0.15, 0.2) is 0 Å². The highest BCUT2D eigenvalue weighted by Gasteiger charge is 2.27. The van der Waals surface area contributed by atoms with E-state index in [-0.39, 0.29) is 0 Å². The molecule has 3 rings (SSSR count). The van der Waals surface area contributed by atoms with Crippen molar-refractivity contribution >= 4 is 5.69 Å². The fraction of sp³-hybridized carbons (Fsp3) is 0.571. The van der Waals surface area contributed by atoms with Crippen LogP contribution in [0.5, 0.6) is 5.75 Å². The van der Waals surface area contributed by atoms with Gasteiger partial charge in [-0.25, -0.2) is 0 Å². The predicted octanol–water partition coefficient (Wildman–Crippen LogP) is 3.22. The molecule has 0 radical (unpaired) electrons. The molecule has 0 saturated heterocycles. The van der Waals surface area contributed by atoms with Gasteiger partial charge in [-0.1, -0.05) is 0 Å². The smallest absolute Gasteiger partial charge is 0.122 e. The molecule has 1 aromatic carbocycles. The van der Waals surface area contributed by atoms with E-state index in [4.69, 9.17) is 4.74 Å². The molecule has 1 saturated carbocycles. The number of hydrogen-bond acceptors (Lipinski definition) is 2. The fourth-order valence-corrected chi connectivity index (χ4v) is 2.43. The molecule has 1 fully saturated rings. The molecule has 1 unspecified atom stereocenters. The van der Waals surface area contributed by atoms with Crippen LogP contribution >= 0.6 is 0 Å². The summed E-state index contributed by atoms with van der Waals surface area (Å²) in [6, 6.07) is 7.12. The van der Waals surface area contributed by atoms with Gasteiger partial charge in [0, 0.05) is 11.7 Å². The van der Waals surface area contributed by atoms with Gasteiger partial charge in [-0.15, -0.1) is 0 Å². The van der Waals surface area contributed by atoms with Gasteiger partial charge in [-0.2, -0.15) is 0 Å². The molecule has 0 aromatic heterocycles. The summed E-state index contributed by atoms with van der Waals surface area (Å²) in [7, 11) is 0. The SMILES string of the molecule is CC(Nc1ccc2c(c1)CCCO2)C1CC1. The van der Waals surface area contributed by atoms with Crippen LogP contribution in [-0.4, -0.2) is 12.6 Å². The minimum Gasteiger partial charge on any atom is -0.493 e. The summed E-state index contributed by atoms with van der Waals surface area (Å²) >= 11 is 0. The normalized spacial score (nSPS) is 20.8. The maximum Gasteiger partial charge on any atom is 0.122 e. The van der Waals surface area contributed by atoms with E-state index in [0.29, 0.717) is 6.04 Å². The van der Waals surface area contributed by atoms with Crippen molar-refractivity contribution in [3.63, 3.8) is 0 Å². The van der Waals surface area contributed by atoms with Gasteiger partial charge in [0.05, 0.1) is 6.61 Å². The van der Waals surface area contributed by atoms with Crippen molar-refractivity contribution in [2.75, 3.05) is 11.9 Å². The Morgan fingerprint density at radius 3 is 3.06 bits per heavy atom. The third-order valence-electron chi connectivity index (χ3n) is 3.63. The van der Waals surface area contributed by atoms with Crippen LogP contribution in [0.2, 0.25) is 0 Å². The molecule has 16 heavy (non-hydrogen) atoms. The standard InChI is InChI=1S/C14H19NO/c1-10(11-4-5-11)15-13-6-7-14-12(9-13)3-2-8-16-14/h6-7,9-11,15H,2-5,8H2,1H3. The maximum absolute atomic E-state index is 5.62. The lowest BCUT2D eigenvalue weighted by Gasteiger charge is -2.20. The van der Waals surface area contributed by atoms with Crippen molar-refractivity contribution < 1.29 is 4.74 Å². The first kappa shape index (κ1) is 10.0. The number of benzene rings is 1. The number of aryl methyl sites for hydroxylation is 1. The zero-order chi connectivity index (χ0) is 11.0. The number of ether oxygens (including phenoxy) is 1. The molecule has 2 nitrogen and oxygen atoms in total. The Morgan fingerprint density at radius 2 is 2.25 bits per heavy atom. The molecule has 1 heterocycles. The minimum atomic E-state index is 0.613. The van der Waals surface area contributed by atoms with E-state index in [1.807, 2.05) is 0 Å². The first-order valence-corrected chi connectivity index (χ1v) is 6.35. The monoisotopic (exact) mass is 217 g/mol. The Morgan fingerprint density at radius 1 is 1.38 bits per heavy atom. The molecule has 86 valence electrons. The van der Waals surface area contributed by atoms with Gasteiger partial charge in [-0.3, -0.25) is 0 Å². The second-order valence-corrected chi connectivity index (χ2v) is 5.04. The molecular weight excluding hydrogens is 198 g/mol. The van der Waals surface area contributed by atoms with E-state index in [1.165, 1.54) is 24.1 Å². The quantitative estimate of drug-likeness (QED) is 0.839. The second-order valence-electron chi connectivity index (χ2n) is 5.04. The number of fused-ring (bicyclic) bond motifs is 1. The Hall–Kier alpha value is -1.18. The predicted molar refractivity (Wildman–Crippen MR) is 66.1 cm³/mol. The summed E-state index contributed by atoms with van der Waals surface area (Å²) < 4.78 is 5.62. The van der Waals surface area contributed by atoms with Crippen LogP contribution in [-0.2, 0) is 6.42 Å². The maximum atomic E-state index is 5.62. The van der Waals surface area contributed by atoms with Gasteiger partial charge < -0.3 is 10.1 Å². The summed E-state index contributed by atoms with van der Waals surface area (Å²) in [6.45, 7) is 3.16. The first-order chi connectivity index (χ1) is 7.83. The largest absolute Gasteiger partial charge is 0.493 e. The van der Waals surface area contributed by atoms with Crippen molar-refractivity contribution in [3.05, 3.63) is 23.8 Å². The first-order valence-electron chi connectivity index (χ1n) is 6.35. The van der Waals surface area contributed by atoms with Crippen LogP contribution < -0.4 is 10.1 Å². The Labute approximate surface area is 97.0 Å². The summed E-state index contributed by atoms with van der Waals surface area (Å²) in [4.78, 5) is 0. The van der Waals surface area contributed by atoms with Crippen LogP contribution in [0.4, 0.5) is 5.69 Å². The zero-order valence-electron chi connectivity index (χ0n) is 9.83. The molecule has 1 aromatic rings. The number of anilines is 1. The topological polar surface area (TPSA) is 21.3 Å². The third-order valence-corrected chi connectivity index (χ3v) is 3.63. The van der Waals surface area contributed by atoms with E-state index in [9.17, 15) is 0 Å². The third kappa shape index (κ3) is 2.01. The highest BCUT2D eigenvalue weighted by atomic mass is 16.5. The van der Waals surface area contributed by atoms with Crippen molar-refractivity contribution in [2.45, 2.75) is 38.6 Å². The fourth-order valence-electron chi connectivity index (χ4n) is 2.43. The van der Waals surface area contributed by atoms with Crippen molar-refractivity contribution in [1.29, 1.82) is 0 Å². The van der Waals surface area contributed by atoms with E-state index in [2.05, 4.69) is 30.4 Å². The van der Waals surface area contributed by atoms with Crippen molar-refractivity contribution in [1.82, 2.24) is 0 Å². The lowest BCUT2D eigenvalue weighted by molar-refractivity contribution is 0.288. The molecule has 1 aliphatic carbocycles. The van der Waals surface area contributed by atoms with Crippen LogP contribution in [0, 0.1) is 5.92 Å². The minimum absolute atomic E-state index is 0.613. The van der Waals surface area contributed by atoms with Crippen LogP contribution in [0.15, 0.2) is 18.2 Å². The molecular formula is C14H19NO. The van der Waals surface area contributed by atoms with Crippen LogP contribution in [0.25, 0.3) is 0 Å². The van der Waals surface area contributed by atoms with Crippen LogP contribution in [0.1, 0.15) is 31.7 Å². The Bertz CT molecular complexity index is 384. The Balaban J connectivity index is 1.74. The number of rotatable bonds is 3. The van der Waals surface area contributed by atoms with E-state index in [0.717, 1.165) is 31.1 Å². The number of nitrogens with one attached hydrogen (secondary N) is 1. The average Bonchev–Trinajstić information content (AvgIpc) is 3.12. The molecule has 0 amide bonds. The summed E-state index contributed by atoms with van der Waals surface area (Å²) in [5, 5.41) is 3.60. The molecule has 0 spiro atoms. The average molecular weight is 217 g/mol. The van der Waals surface area contributed by atoms with E-state index in [1.54, 1.807) is 0 Å². The lowest BCUT2D eigenvalue weighted by atomic mass is 10.1. The number of hydrogen-bond donors (Lipinski definition) is 1. The van der Waals surface area contributed by atoms with Gasteiger partial charge in [0.1, 0.15) is 5.75 Å². The van der Waals surface area contributed by atoms with Crippen molar-refractivity contribution in [2.24, 2.45) is 5.92 Å². The Kier molecular flexibility index (Phi) is 2.50. The van der Waals surface area contributed by atoms with E-state index >= 15 is 0 Å². The van der Waals surface area contributed by atoms with E-state index < -0.39 is 0 Å².